The van der Waals surface area contributed by atoms with Crippen LogP contribution in [0.5, 0.6) is 0 Å². The summed E-state index contributed by atoms with van der Waals surface area (Å²) in [4.78, 5) is 68.9. The Morgan fingerprint density at radius 1 is 0.929 bits per heavy atom. The lowest BCUT2D eigenvalue weighted by molar-refractivity contribution is -0.147. The molecule has 2 aromatic rings. The summed E-state index contributed by atoms with van der Waals surface area (Å²) in [6, 6.07) is 2.51. The lowest BCUT2D eigenvalue weighted by Crippen LogP contribution is -2.57. The number of aromatic nitrogens is 1. The zero-order valence-corrected chi connectivity index (χ0v) is 23.6. The fraction of sp³-hybridized carbons (Fsp3) is 0.481. The molecule has 0 saturated heterocycles. The first-order valence-corrected chi connectivity index (χ1v) is 13.5. The Hall–Kier alpha value is -4.66. The van der Waals surface area contributed by atoms with Crippen molar-refractivity contribution >= 4 is 46.5 Å². The van der Waals surface area contributed by atoms with Gasteiger partial charge in [0.25, 0.3) is 0 Å². The smallest absolute Gasteiger partial charge is 0.326 e. The molecule has 0 fully saturated rings. The predicted molar refractivity (Wildman–Crippen MR) is 155 cm³/mol. The molecule has 1 heterocycles. The van der Waals surface area contributed by atoms with Crippen LogP contribution in [0.2, 0.25) is 0 Å². The molecular formula is C27H40N8O7. The number of aliphatic imine (C=N–C) groups is 1. The third kappa shape index (κ3) is 10.7. The maximum atomic E-state index is 13.4. The van der Waals surface area contributed by atoms with Crippen LogP contribution in [0.15, 0.2) is 35.5 Å². The topological polar surface area (TPSA) is 268 Å². The minimum Gasteiger partial charge on any atom is -0.481 e. The van der Waals surface area contributed by atoms with Crippen LogP contribution in [0.25, 0.3) is 10.9 Å². The zero-order valence-electron chi connectivity index (χ0n) is 23.6. The van der Waals surface area contributed by atoms with E-state index in [9.17, 15) is 29.1 Å². The number of rotatable bonds is 17. The Morgan fingerprint density at radius 2 is 1.55 bits per heavy atom. The first-order chi connectivity index (χ1) is 19.8. The van der Waals surface area contributed by atoms with Crippen LogP contribution in [-0.2, 0) is 30.4 Å². The molecule has 0 aliphatic heterocycles. The van der Waals surface area contributed by atoms with Crippen molar-refractivity contribution in [2.75, 3.05) is 6.54 Å². The van der Waals surface area contributed by atoms with Gasteiger partial charge in [-0.1, -0.05) is 32.0 Å². The summed E-state index contributed by atoms with van der Waals surface area (Å²) < 4.78 is 0. The van der Waals surface area contributed by atoms with E-state index in [0.717, 1.165) is 16.5 Å². The number of nitrogens with zero attached hydrogens (tertiary/aromatic N) is 1. The molecule has 0 spiro atoms. The summed E-state index contributed by atoms with van der Waals surface area (Å²) in [5.41, 5.74) is 18.6. The first-order valence-electron chi connectivity index (χ1n) is 13.5. The third-order valence-corrected chi connectivity index (χ3v) is 6.36. The van der Waals surface area contributed by atoms with Gasteiger partial charge in [-0.2, -0.15) is 0 Å². The Labute approximate surface area is 242 Å². The van der Waals surface area contributed by atoms with Crippen LogP contribution >= 0.6 is 0 Å². The molecule has 3 amide bonds. The molecule has 230 valence electrons. The van der Waals surface area contributed by atoms with Gasteiger partial charge in [-0.3, -0.25) is 24.2 Å². The minimum atomic E-state index is -1.70. The van der Waals surface area contributed by atoms with Crippen molar-refractivity contribution in [1.82, 2.24) is 20.9 Å². The summed E-state index contributed by atoms with van der Waals surface area (Å²) in [7, 11) is 0. The molecule has 0 saturated carbocycles. The van der Waals surface area contributed by atoms with Crippen molar-refractivity contribution in [3.05, 3.63) is 36.0 Å². The molecule has 15 nitrogen and oxygen atoms in total. The number of amides is 3. The maximum absolute atomic E-state index is 13.4. The number of carboxylic acids is 2. The van der Waals surface area contributed by atoms with E-state index in [4.69, 9.17) is 22.3 Å². The number of nitrogens with two attached hydrogens (primary N) is 3. The molecule has 1 aromatic carbocycles. The lowest BCUT2D eigenvalue weighted by atomic mass is 10.0. The summed E-state index contributed by atoms with van der Waals surface area (Å²) >= 11 is 0. The van der Waals surface area contributed by atoms with Gasteiger partial charge in [0.05, 0.1) is 12.5 Å². The van der Waals surface area contributed by atoms with E-state index in [1.165, 1.54) is 0 Å². The van der Waals surface area contributed by atoms with Gasteiger partial charge in [0.15, 0.2) is 5.96 Å². The zero-order chi connectivity index (χ0) is 31.4. The number of carbonyl (C=O) groups is 5. The van der Waals surface area contributed by atoms with Crippen molar-refractivity contribution in [2.24, 2.45) is 28.1 Å². The van der Waals surface area contributed by atoms with Crippen molar-refractivity contribution in [3.63, 3.8) is 0 Å². The molecule has 1 aromatic heterocycles. The second-order valence-electron chi connectivity index (χ2n) is 10.4. The number of para-hydroxylation sites is 1. The Kier molecular flexibility index (Phi) is 12.7. The standard InChI is InChI=1S/C27H40N8O7/c1-14(2)10-20(25(40)35-21(26(41)42)12-22(36)37)34-24(39)19(8-5-9-31-27(29)30)33-23(38)17(28)11-15-13-32-18-7-4-3-6-16(15)18/h3-4,6-7,13-14,17,19-21,32H,5,8-12,28H2,1-2H3,(H,33,38)(H,34,39)(H,35,40)(H,36,37)(H,41,42)(H4,29,30,31). The first kappa shape index (κ1) is 33.5. The molecule has 4 atom stereocenters. The Bertz CT molecular complexity index is 1290. The van der Waals surface area contributed by atoms with Crippen LogP contribution in [0.4, 0.5) is 0 Å². The van der Waals surface area contributed by atoms with Gasteiger partial charge in [-0.15, -0.1) is 0 Å². The SMILES string of the molecule is CC(C)CC(NC(=O)C(CCCN=C(N)N)NC(=O)C(N)Cc1c[nH]c2ccccc12)C(=O)NC(CC(=O)O)C(=O)O. The van der Waals surface area contributed by atoms with Gasteiger partial charge < -0.3 is 48.3 Å². The molecule has 4 unspecified atom stereocenters. The van der Waals surface area contributed by atoms with E-state index in [-0.39, 0.29) is 37.7 Å². The number of carbonyl (C=O) groups excluding carboxylic acids is 3. The number of nitrogens with one attached hydrogen (secondary N) is 4. The Morgan fingerprint density at radius 3 is 2.17 bits per heavy atom. The average molecular weight is 589 g/mol. The molecule has 0 radical (unpaired) electrons. The fourth-order valence-electron chi connectivity index (χ4n) is 4.30. The summed E-state index contributed by atoms with van der Waals surface area (Å²) in [6.45, 7) is 3.75. The van der Waals surface area contributed by atoms with Gasteiger partial charge >= 0.3 is 11.9 Å². The maximum Gasteiger partial charge on any atom is 0.326 e. The molecule has 42 heavy (non-hydrogen) atoms. The van der Waals surface area contributed by atoms with Crippen LogP contribution in [0, 0.1) is 5.92 Å². The molecular weight excluding hydrogens is 548 g/mol. The monoisotopic (exact) mass is 588 g/mol. The van der Waals surface area contributed by atoms with Gasteiger partial charge in [0.2, 0.25) is 17.7 Å². The third-order valence-electron chi connectivity index (χ3n) is 6.36. The van der Waals surface area contributed by atoms with Gasteiger partial charge in [0.1, 0.15) is 18.1 Å². The summed E-state index contributed by atoms with van der Waals surface area (Å²) in [5, 5.41) is 26.6. The lowest BCUT2D eigenvalue weighted by Gasteiger charge is -2.26. The number of H-pyrrole nitrogens is 1. The molecule has 12 N–H and O–H groups in total. The highest BCUT2D eigenvalue weighted by Crippen LogP contribution is 2.19. The quantitative estimate of drug-likeness (QED) is 0.0627. The van der Waals surface area contributed by atoms with E-state index in [1.54, 1.807) is 20.0 Å². The number of fused-ring (bicyclic) bond motifs is 1. The van der Waals surface area contributed by atoms with Gasteiger partial charge in [-0.25, -0.2) is 4.79 Å². The van der Waals surface area contributed by atoms with E-state index < -0.39 is 60.2 Å². The van der Waals surface area contributed by atoms with Crippen LogP contribution in [0.1, 0.15) is 45.1 Å². The van der Waals surface area contributed by atoms with Gasteiger partial charge in [0, 0.05) is 23.6 Å². The highest BCUT2D eigenvalue weighted by atomic mass is 16.4. The number of aromatic amines is 1. The molecule has 0 bridgehead atoms. The van der Waals surface area contributed by atoms with E-state index in [2.05, 4.69) is 25.9 Å². The fourth-order valence-corrected chi connectivity index (χ4v) is 4.30. The number of carboxylic acid groups (broad SMARTS) is 2. The van der Waals surface area contributed by atoms with Crippen LogP contribution < -0.4 is 33.2 Å². The van der Waals surface area contributed by atoms with E-state index in [0.29, 0.717) is 6.42 Å². The van der Waals surface area contributed by atoms with Crippen molar-refractivity contribution < 1.29 is 34.2 Å². The van der Waals surface area contributed by atoms with Crippen molar-refractivity contribution in [1.29, 1.82) is 0 Å². The van der Waals surface area contributed by atoms with Crippen molar-refractivity contribution in [2.45, 2.75) is 70.1 Å². The largest absolute Gasteiger partial charge is 0.481 e. The minimum absolute atomic E-state index is 0.0982. The number of guanidine groups is 1. The number of aliphatic carboxylic acids is 2. The van der Waals surface area contributed by atoms with Crippen LogP contribution in [-0.4, -0.2) is 81.5 Å². The van der Waals surface area contributed by atoms with E-state index in [1.807, 2.05) is 24.3 Å². The van der Waals surface area contributed by atoms with Crippen molar-refractivity contribution in [3.8, 4) is 0 Å². The second kappa shape index (κ2) is 16.0. The van der Waals surface area contributed by atoms with E-state index >= 15 is 0 Å². The predicted octanol–water partition coefficient (Wildman–Crippen LogP) is -0.849. The summed E-state index contributed by atoms with van der Waals surface area (Å²) in [6.07, 6.45) is 1.63. The molecule has 0 aliphatic carbocycles. The molecule has 0 aliphatic rings. The molecule has 15 heteroatoms. The van der Waals surface area contributed by atoms with Crippen LogP contribution in [0.3, 0.4) is 0 Å². The second-order valence-corrected chi connectivity index (χ2v) is 10.4. The summed E-state index contributed by atoms with van der Waals surface area (Å²) in [5.74, 6) is -5.37. The van der Waals surface area contributed by atoms with Gasteiger partial charge in [-0.05, 0) is 43.2 Å². The number of hydrogen-bond donors (Lipinski definition) is 9. The Balaban J connectivity index is 2.18. The molecule has 2 rings (SSSR count). The number of benzene rings is 1. The highest BCUT2D eigenvalue weighted by molar-refractivity contribution is 5.95. The number of hydrogen-bond acceptors (Lipinski definition) is 7. The highest BCUT2D eigenvalue weighted by Gasteiger charge is 2.31. The normalized spacial score (nSPS) is 13.9. The average Bonchev–Trinajstić information content (AvgIpc) is 3.31.